The summed E-state index contributed by atoms with van der Waals surface area (Å²) in [5.74, 6) is -0.390. The summed E-state index contributed by atoms with van der Waals surface area (Å²) in [4.78, 5) is 1.87. The zero-order chi connectivity index (χ0) is 14.7. The fourth-order valence-corrected chi connectivity index (χ4v) is 2.75. The molecule has 0 bridgehead atoms. The quantitative estimate of drug-likeness (QED) is 0.913. The molecule has 0 radical (unpaired) electrons. The normalized spacial score (nSPS) is 21.6. The molecule has 1 N–H and O–H groups in total. The number of nitrogens with one attached hydrogen (secondary N) is 1. The van der Waals surface area contributed by atoms with Crippen molar-refractivity contribution in [1.29, 1.82) is 0 Å². The number of halogens is 2. The number of rotatable bonds is 3. The third kappa shape index (κ3) is 3.11. The summed E-state index contributed by atoms with van der Waals surface area (Å²) in [5, 5.41) is 3.50. The molecule has 1 saturated heterocycles. The molecule has 20 heavy (non-hydrogen) atoms. The highest BCUT2D eigenvalue weighted by molar-refractivity contribution is 5.52. The van der Waals surface area contributed by atoms with Gasteiger partial charge in [-0.05, 0) is 37.4 Å². The molecule has 0 spiro atoms. The molecule has 112 valence electrons. The lowest BCUT2D eigenvalue weighted by Gasteiger charge is -2.30. The Hall–Kier alpha value is -1.16. The first-order valence-electron chi connectivity index (χ1n) is 7.47. The standard InChI is InChI=1S/C16H24F2N2/c1-4-11(2)14-10-20(9-5-8-19-14)16-13(17)7-6-12(3)15(16)18/h6-7,11,14,19H,4-5,8-10H2,1-3H3. The van der Waals surface area contributed by atoms with E-state index >= 15 is 0 Å². The molecule has 0 aliphatic carbocycles. The molecule has 0 aromatic heterocycles. The fraction of sp³-hybridized carbons (Fsp3) is 0.625. The Morgan fingerprint density at radius 1 is 1.40 bits per heavy atom. The molecular weight excluding hydrogens is 258 g/mol. The molecular formula is C16H24F2N2. The van der Waals surface area contributed by atoms with Crippen LogP contribution in [0.1, 0.15) is 32.3 Å². The van der Waals surface area contributed by atoms with Gasteiger partial charge in [0.25, 0.3) is 0 Å². The van der Waals surface area contributed by atoms with Gasteiger partial charge in [-0.3, -0.25) is 0 Å². The largest absolute Gasteiger partial charge is 0.365 e. The maximum atomic E-state index is 14.3. The van der Waals surface area contributed by atoms with Crippen molar-refractivity contribution in [3.05, 3.63) is 29.3 Å². The van der Waals surface area contributed by atoms with Crippen molar-refractivity contribution >= 4 is 5.69 Å². The first-order valence-corrected chi connectivity index (χ1v) is 7.47. The van der Waals surface area contributed by atoms with Crippen LogP contribution in [-0.4, -0.2) is 25.7 Å². The van der Waals surface area contributed by atoms with Gasteiger partial charge in [0.1, 0.15) is 11.5 Å². The van der Waals surface area contributed by atoms with Gasteiger partial charge in [0.05, 0.1) is 0 Å². The van der Waals surface area contributed by atoms with E-state index < -0.39 is 11.6 Å². The van der Waals surface area contributed by atoms with Crippen LogP contribution in [0.4, 0.5) is 14.5 Å². The summed E-state index contributed by atoms with van der Waals surface area (Å²) < 4.78 is 28.3. The van der Waals surface area contributed by atoms with Crippen molar-refractivity contribution in [1.82, 2.24) is 5.32 Å². The van der Waals surface area contributed by atoms with Crippen molar-refractivity contribution in [2.75, 3.05) is 24.5 Å². The van der Waals surface area contributed by atoms with Gasteiger partial charge < -0.3 is 10.2 Å². The van der Waals surface area contributed by atoms with Crippen LogP contribution in [-0.2, 0) is 0 Å². The van der Waals surface area contributed by atoms with Crippen LogP contribution in [0.5, 0.6) is 0 Å². The van der Waals surface area contributed by atoms with E-state index in [1.54, 1.807) is 6.92 Å². The minimum absolute atomic E-state index is 0.141. The highest BCUT2D eigenvalue weighted by Gasteiger charge is 2.25. The molecule has 1 aliphatic rings. The van der Waals surface area contributed by atoms with Crippen molar-refractivity contribution < 1.29 is 8.78 Å². The molecule has 1 aromatic rings. The second-order valence-corrected chi connectivity index (χ2v) is 5.77. The van der Waals surface area contributed by atoms with E-state index in [0.717, 1.165) is 19.4 Å². The fourth-order valence-electron chi connectivity index (χ4n) is 2.75. The first-order chi connectivity index (χ1) is 9.54. The molecule has 1 fully saturated rings. The molecule has 2 rings (SSSR count). The van der Waals surface area contributed by atoms with Gasteiger partial charge in [0.15, 0.2) is 5.82 Å². The highest BCUT2D eigenvalue weighted by atomic mass is 19.1. The molecule has 1 aliphatic heterocycles. The molecule has 2 atom stereocenters. The minimum Gasteiger partial charge on any atom is -0.365 e. The average molecular weight is 282 g/mol. The number of hydrogen-bond acceptors (Lipinski definition) is 2. The van der Waals surface area contributed by atoms with Crippen LogP contribution in [0.15, 0.2) is 12.1 Å². The van der Waals surface area contributed by atoms with Gasteiger partial charge >= 0.3 is 0 Å². The van der Waals surface area contributed by atoms with E-state index in [0.29, 0.717) is 24.6 Å². The molecule has 1 heterocycles. The Bertz CT molecular complexity index is 462. The zero-order valence-corrected chi connectivity index (χ0v) is 12.5. The van der Waals surface area contributed by atoms with Gasteiger partial charge in [-0.2, -0.15) is 0 Å². The number of hydrogen-bond donors (Lipinski definition) is 1. The molecule has 0 saturated carbocycles. The van der Waals surface area contributed by atoms with Crippen LogP contribution in [0, 0.1) is 24.5 Å². The molecule has 1 aromatic carbocycles. The first kappa shape index (κ1) is 15.2. The summed E-state index contributed by atoms with van der Waals surface area (Å²) in [5.41, 5.74) is 0.640. The van der Waals surface area contributed by atoms with Crippen LogP contribution in [0.25, 0.3) is 0 Å². The maximum absolute atomic E-state index is 14.3. The van der Waals surface area contributed by atoms with Crippen molar-refractivity contribution in [2.45, 2.75) is 39.7 Å². The Balaban J connectivity index is 2.29. The van der Waals surface area contributed by atoms with Crippen LogP contribution in [0.3, 0.4) is 0 Å². The number of benzene rings is 1. The number of aryl methyl sites for hydroxylation is 1. The average Bonchev–Trinajstić information content (AvgIpc) is 2.68. The molecule has 0 amide bonds. The highest BCUT2D eigenvalue weighted by Crippen LogP contribution is 2.27. The summed E-state index contributed by atoms with van der Waals surface area (Å²) in [6.07, 6.45) is 1.96. The van der Waals surface area contributed by atoms with E-state index in [4.69, 9.17) is 0 Å². The van der Waals surface area contributed by atoms with Crippen molar-refractivity contribution in [3.63, 3.8) is 0 Å². The Morgan fingerprint density at radius 3 is 2.85 bits per heavy atom. The summed E-state index contributed by atoms with van der Waals surface area (Å²) in [6, 6.07) is 3.14. The van der Waals surface area contributed by atoms with E-state index in [9.17, 15) is 8.78 Å². The van der Waals surface area contributed by atoms with Crippen molar-refractivity contribution in [3.8, 4) is 0 Å². The second-order valence-electron chi connectivity index (χ2n) is 5.77. The summed E-state index contributed by atoms with van der Waals surface area (Å²) in [6.45, 7) is 8.27. The van der Waals surface area contributed by atoms with Gasteiger partial charge in [-0.1, -0.05) is 26.3 Å². The Kier molecular flexibility index (Phi) is 4.97. The monoisotopic (exact) mass is 282 g/mol. The van der Waals surface area contributed by atoms with Gasteiger partial charge in [0.2, 0.25) is 0 Å². The van der Waals surface area contributed by atoms with Gasteiger partial charge in [-0.15, -0.1) is 0 Å². The van der Waals surface area contributed by atoms with Crippen LogP contribution < -0.4 is 10.2 Å². The second kappa shape index (κ2) is 6.53. The molecule has 2 nitrogen and oxygen atoms in total. The third-order valence-electron chi connectivity index (χ3n) is 4.34. The predicted molar refractivity (Wildman–Crippen MR) is 79.2 cm³/mol. The van der Waals surface area contributed by atoms with E-state index in [1.807, 2.05) is 4.90 Å². The zero-order valence-electron chi connectivity index (χ0n) is 12.5. The van der Waals surface area contributed by atoms with E-state index in [1.165, 1.54) is 12.1 Å². The number of anilines is 1. The third-order valence-corrected chi connectivity index (χ3v) is 4.34. The topological polar surface area (TPSA) is 15.3 Å². The number of nitrogens with zero attached hydrogens (tertiary/aromatic N) is 1. The maximum Gasteiger partial charge on any atom is 0.152 e. The summed E-state index contributed by atoms with van der Waals surface area (Å²) in [7, 11) is 0. The van der Waals surface area contributed by atoms with E-state index in [2.05, 4.69) is 19.2 Å². The van der Waals surface area contributed by atoms with E-state index in [-0.39, 0.29) is 11.7 Å². The minimum atomic E-state index is -0.460. The van der Waals surface area contributed by atoms with Gasteiger partial charge in [-0.25, -0.2) is 8.78 Å². The van der Waals surface area contributed by atoms with Gasteiger partial charge in [0, 0.05) is 19.1 Å². The van der Waals surface area contributed by atoms with Crippen LogP contribution in [0.2, 0.25) is 0 Å². The predicted octanol–water partition coefficient (Wildman–Crippen LogP) is 3.49. The lowest BCUT2D eigenvalue weighted by Crippen LogP contribution is -2.42. The lowest BCUT2D eigenvalue weighted by molar-refractivity contribution is 0.382. The smallest absolute Gasteiger partial charge is 0.152 e. The SMILES string of the molecule is CCC(C)C1CN(c2c(F)ccc(C)c2F)CCCN1. The Morgan fingerprint density at radius 2 is 2.15 bits per heavy atom. The summed E-state index contributed by atoms with van der Waals surface area (Å²) >= 11 is 0. The lowest BCUT2D eigenvalue weighted by atomic mass is 9.98. The Labute approximate surface area is 120 Å². The van der Waals surface area contributed by atoms with Crippen molar-refractivity contribution in [2.24, 2.45) is 5.92 Å². The molecule has 2 unspecified atom stereocenters. The molecule has 4 heteroatoms. The van der Waals surface area contributed by atoms with Crippen LogP contribution >= 0.6 is 0 Å².